The molecule has 1 aliphatic carbocycles. The number of methoxy groups -OCH3 is 1. The van der Waals surface area contributed by atoms with Crippen molar-refractivity contribution in [3.05, 3.63) is 28.5 Å². The molecule has 0 saturated heterocycles. The lowest BCUT2D eigenvalue weighted by Gasteiger charge is -2.13. The number of carbonyl (C=O) groups excluding carboxylic acids is 1. The third-order valence-electron chi connectivity index (χ3n) is 3.29. The molecule has 5 heteroatoms. The molecule has 0 bridgehead atoms. The van der Waals surface area contributed by atoms with Crippen LogP contribution in [0.5, 0.6) is 0 Å². The van der Waals surface area contributed by atoms with Crippen molar-refractivity contribution in [3.63, 3.8) is 0 Å². The zero-order valence-corrected chi connectivity index (χ0v) is 11.3. The fraction of sp³-hybridized carbons (Fsp3) is 0.538. The first-order valence-electron chi connectivity index (χ1n) is 6.06. The Hall–Kier alpha value is -1.13. The summed E-state index contributed by atoms with van der Waals surface area (Å²) in [7, 11) is 1.70. The Kier molecular flexibility index (Phi) is 4.19. The van der Waals surface area contributed by atoms with Crippen molar-refractivity contribution in [1.82, 2.24) is 10.3 Å². The van der Waals surface area contributed by atoms with Gasteiger partial charge in [-0.05, 0) is 32.3 Å². The number of aryl methyl sites for hydroxylation is 1. The highest BCUT2D eigenvalue weighted by Crippen LogP contribution is 2.22. The molecule has 1 N–H and O–H groups in total. The van der Waals surface area contributed by atoms with E-state index in [4.69, 9.17) is 16.3 Å². The topological polar surface area (TPSA) is 51.2 Å². The zero-order valence-electron chi connectivity index (χ0n) is 10.6. The van der Waals surface area contributed by atoms with Crippen LogP contribution in [0.25, 0.3) is 0 Å². The molecule has 0 spiro atoms. The smallest absolute Gasteiger partial charge is 0.254 e. The molecule has 1 aromatic heterocycles. The summed E-state index contributed by atoms with van der Waals surface area (Å²) in [6, 6.07) is 1.86. The van der Waals surface area contributed by atoms with Gasteiger partial charge in [0.25, 0.3) is 5.91 Å². The van der Waals surface area contributed by atoms with Gasteiger partial charge in [-0.25, -0.2) is 0 Å². The highest BCUT2D eigenvalue weighted by molar-refractivity contribution is 6.33. The molecule has 2 rings (SSSR count). The maximum Gasteiger partial charge on any atom is 0.254 e. The van der Waals surface area contributed by atoms with Gasteiger partial charge in [0.1, 0.15) is 0 Å². The van der Waals surface area contributed by atoms with Gasteiger partial charge < -0.3 is 10.1 Å². The molecule has 1 fully saturated rings. The van der Waals surface area contributed by atoms with Gasteiger partial charge >= 0.3 is 0 Å². The quantitative estimate of drug-likeness (QED) is 0.915. The Morgan fingerprint density at radius 1 is 1.56 bits per heavy atom. The van der Waals surface area contributed by atoms with Crippen LogP contribution in [0.4, 0.5) is 0 Å². The average Bonchev–Trinajstić information content (AvgIpc) is 2.76. The van der Waals surface area contributed by atoms with Gasteiger partial charge in [-0.15, -0.1) is 0 Å². The van der Waals surface area contributed by atoms with E-state index in [9.17, 15) is 4.79 Å². The Labute approximate surface area is 112 Å². The van der Waals surface area contributed by atoms with Crippen molar-refractivity contribution in [1.29, 1.82) is 0 Å². The molecule has 18 heavy (non-hydrogen) atoms. The summed E-state index contributed by atoms with van der Waals surface area (Å²) < 4.78 is 5.28. The molecule has 0 aliphatic heterocycles. The van der Waals surface area contributed by atoms with Gasteiger partial charge in [-0.2, -0.15) is 0 Å². The van der Waals surface area contributed by atoms with E-state index < -0.39 is 0 Å². The lowest BCUT2D eigenvalue weighted by Crippen LogP contribution is -2.33. The summed E-state index contributed by atoms with van der Waals surface area (Å²) in [5.74, 6) is -0.158. The van der Waals surface area contributed by atoms with E-state index >= 15 is 0 Å². The number of hydrogen-bond acceptors (Lipinski definition) is 3. The number of hydrogen-bond donors (Lipinski definition) is 1. The minimum atomic E-state index is -0.158. The predicted octanol–water partition coefficient (Wildman–Crippen LogP) is 2.34. The lowest BCUT2D eigenvalue weighted by atomic mass is 10.2. The fourth-order valence-corrected chi connectivity index (χ4v) is 2.53. The van der Waals surface area contributed by atoms with Gasteiger partial charge in [0.2, 0.25) is 0 Å². The molecule has 1 saturated carbocycles. The van der Waals surface area contributed by atoms with Gasteiger partial charge in [-0.1, -0.05) is 11.6 Å². The molecule has 1 aliphatic rings. The van der Waals surface area contributed by atoms with Crippen molar-refractivity contribution >= 4 is 17.5 Å². The molecule has 2 unspecified atom stereocenters. The first-order valence-corrected chi connectivity index (χ1v) is 6.43. The Balaban J connectivity index is 2.00. The molecule has 0 radical (unpaired) electrons. The van der Waals surface area contributed by atoms with Crippen LogP contribution in [0.1, 0.15) is 35.3 Å². The first kappa shape index (κ1) is 13.3. The van der Waals surface area contributed by atoms with Crippen LogP contribution < -0.4 is 5.32 Å². The Morgan fingerprint density at radius 2 is 2.33 bits per heavy atom. The standard InChI is InChI=1S/C13H17ClN2O2/c1-8-5-12(14)11(7-15-8)13(17)16-9-3-4-10(6-9)18-2/h5,7,9-10H,3-4,6H2,1-2H3,(H,16,17). The molecular weight excluding hydrogens is 252 g/mol. The summed E-state index contributed by atoms with van der Waals surface area (Å²) in [5, 5.41) is 3.42. The van der Waals surface area contributed by atoms with Crippen molar-refractivity contribution in [2.45, 2.75) is 38.3 Å². The summed E-state index contributed by atoms with van der Waals surface area (Å²) in [6.45, 7) is 1.84. The zero-order chi connectivity index (χ0) is 13.1. The maximum absolute atomic E-state index is 12.1. The van der Waals surface area contributed by atoms with Crippen LogP contribution in [-0.2, 0) is 4.74 Å². The number of carbonyl (C=O) groups is 1. The molecule has 0 aromatic carbocycles. The third kappa shape index (κ3) is 3.00. The summed E-state index contributed by atoms with van der Waals surface area (Å²) in [6.07, 6.45) is 4.57. The van der Waals surface area contributed by atoms with Crippen LogP contribution >= 0.6 is 11.6 Å². The Bertz CT molecular complexity index is 451. The Morgan fingerprint density at radius 3 is 2.94 bits per heavy atom. The number of nitrogens with one attached hydrogen (secondary N) is 1. The van der Waals surface area contributed by atoms with Crippen molar-refractivity contribution in [3.8, 4) is 0 Å². The van der Waals surface area contributed by atoms with Gasteiger partial charge in [0, 0.05) is 25.0 Å². The van der Waals surface area contributed by atoms with E-state index in [0.29, 0.717) is 10.6 Å². The van der Waals surface area contributed by atoms with E-state index in [1.807, 2.05) is 6.92 Å². The number of amides is 1. The third-order valence-corrected chi connectivity index (χ3v) is 3.60. The summed E-state index contributed by atoms with van der Waals surface area (Å²) in [5.41, 5.74) is 1.24. The second-order valence-corrected chi connectivity index (χ2v) is 5.05. The van der Waals surface area contributed by atoms with Crippen LogP contribution in [0.15, 0.2) is 12.3 Å². The van der Waals surface area contributed by atoms with E-state index in [0.717, 1.165) is 25.0 Å². The molecule has 1 heterocycles. The molecule has 98 valence electrons. The first-order chi connectivity index (χ1) is 8.60. The van der Waals surface area contributed by atoms with Crippen LogP contribution in [0.3, 0.4) is 0 Å². The van der Waals surface area contributed by atoms with Crippen LogP contribution in [0.2, 0.25) is 5.02 Å². The monoisotopic (exact) mass is 268 g/mol. The van der Waals surface area contributed by atoms with E-state index in [-0.39, 0.29) is 18.1 Å². The number of nitrogens with zero attached hydrogens (tertiary/aromatic N) is 1. The summed E-state index contributed by atoms with van der Waals surface area (Å²) in [4.78, 5) is 16.1. The predicted molar refractivity (Wildman–Crippen MR) is 69.9 cm³/mol. The largest absolute Gasteiger partial charge is 0.381 e. The number of halogens is 1. The van der Waals surface area contributed by atoms with E-state index in [1.54, 1.807) is 13.2 Å². The number of rotatable bonds is 3. The summed E-state index contributed by atoms with van der Waals surface area (Å²) >= 11 is 6.04. The minimum Gasteiger partial charge on any atom is -0.381 e. The van der Waals surface area contributed by atoms with E-state index in [2.05, 4.69) is 10.3 Å². The highest BCUT2D eigenvalue weighted by atomic mass is 35.5. The average molecular weight is 269 g/mol. The second-order valence-electron chi connectivity index (χ2n) is 4.65. The van der Waals surface area contributed by atoms with Crippen LogP contribution in [0, 0.1) is 6.92 Å². The van der Waals surface area contributed by atoms with Crippen molar-refractivity contribution in [2.24, 2.45) is 0 Å². The maximum atomic E-state index is 12.1. The van der Waals surface area contributed by atoms with Gasteiger partial charge in [0.05, 0.1) is 16.7 Å². The molecular formula is C13H17ClN2O2. The fourth-order valence-electron chi connectivity index (χ4n) is 2.24. The van der Waals surface area contributed by atoms with Crippen LogP contribution in [-0.4, -0.2) is 30.1 Å². The molecule has 1 amide bonds. The normalized spacial score (nSPS) is 23.1. The molecule has 1 aromatic rings. The SMILES string of the molecule is COC1CCC(NC(=O)c2cnc(C)cc2Cl)C1. The van der Waals surface area contributed by atoms with Crippen molar-refractivity contribution < 1.29 is 9.53 Å². The van der Waals surface area contributed by atoms with Gasteiger partial charge in [-0.3, -0.25) is 9.78 Å². The highest BCUT2D eigenvalue weighted by Gasteiger charge is 2.26. The lowest BCUT2D eigenvalue weighted by molar-refractivity contribution is 0.0915. The number of pyridine rings is 1. The van der Waals surface area contributed by atoms with Gasteiger partial charge in [0.15, 0.2) is 0 Å². The second kappa shape index (κ2) is 5.67. The number of aromatic nitrogens is 1. The molecule has 4 nitrogen and oxygen atoms in total. The van der Waals surface area contributed by atoms with Crippen molar-refractivity contribution in [2.75, 3.05) is 7.11 Å². The number of ether oxygens (including phenoxy) is 1. The molecule has 2 atom stereocenters. The minimum absolute atomic E-state index is 0.158. The van der Waals surface area contributed by atoms with E-state index in [1.165, 1.54) is 6.20 Å².